The number of rotatable bonds is 5. The van der Waals surface area contributed by atoms with Gasteiger partial charge in [0.1, 0.15) is 4.47 Å². The fraction of sp³-hybridized carbons (Fsp3) is 0.600. The molecule has 16 heavy (non-hydrogen) atoms. The van der Waals surface area contributed by atoms with Crippen LogP contribution >= 0.6 is 15.9 Å². The third kappa shape index (κ3) is 3.94. The second-order valence-electron chi connectivity index (χ2n) is 4.09. The molecule has 0 radical (unpaired) electrons. The van der Waals surface area contributed by atoms with Crippen LogP contribution in [0.5, 0.6) is 0 Å². The molecule has 1 atom stereocenters. The van der Waals surface area contributed by atoms with Crippen molar-refractivity contribution < 1.29 is 5.11 Å². The van der Waals surface area contributed by atoms with E-state index in [2.05, 4.69) is 31.4 Å². The Morgan fingerprint density at radius 3 is 2.94 bits per heavy atom. The Kier molecular flexibility index (Phi) is 4.95. The molecule has 1 aromatic heterocycles. The molecule has 90 valence electrons. The van der Waals surface area contributed by atoms with Gasteiger partial charge in [0, 0.05) is 6.54 Å². The van der Waals surface area contributed by atoms with Crippen molar-refractivity contribution in [2.75, 3.05) is 11.9 Å². The molecule has 1 unspecified atom stereocenters. The predicted octanol–water partition coefficient (Wildman–Crippen LogP) is 1.35. The summed E-state index contributed by atoms with van der Waals surface area (Å²) in [6, 6.07) is 0. The van der Waals surface area contributed by atoms with E-state index in [0.29, 0.717) is 22.6 Å². The molecule has 1 rings (SSSR count). The number of halogens is 1. The van der Waals surface area contributed by atoms with Crippen molar-refractivity contribution in [2.45, 2.75) is 26.4 Å². The van der Waals surface area contributed by atoms with Gasteiger partial charge in [0.05, 0.1) is 18.0 Å². The molecule has 0 saturated carbocycles. The number of nitrogens with one attached hydrogen (secondary N) is 2. The molecule has 3 N–H and O–H groups in total. The summed E-state index contributed by atoms with van der Waals surface area (Å²) in [4.78, 5) is 11.2. The van der Waals surface area contributed by atoms with E-state index in [9.17, 15) is 9.90 Å². The number of hydrogen-bond acceptors (Lipinski definition) is 4. The van der Waals surface area contributed by atoms with Gasteiger partial charge in [-0.15, -0.1) is 0 Å². The molecule has 0 aliphatic rings. The SMILES string of the molecule is CC(C)CC(O)CNc1cn[nH]c(=O)c1Br. The first-order valence-corrected chi connectivity index (χ1v) is 5.95. The van der Waals surface area contributed by atoms with Crippen LogP contribution in [0.2, 0.25) is 0 Å². The Hall–Kier alpha value is -0.880. The van der Waals surface area contributed by atoms with Gasteiger partial charge in [-0.2, -0.15) is 5.10 Å². The molecule has 5 nitrogen and oxygen atoms in total. The van der Waals surface area contributed by atoms with Crippen molar-refractivity contribution in [2.24, 2.45) is 5.92 Å². The lowest BCUT2D eigenvalue weighted by atomic mass is 10.1. The van der Waals surface area contributed by atoms with E-state index in [4.69, 9.17) is 0 Å². The normalized spacial score (nSPS) is 12.8. The van der Waals surface area contributed by atoms with Crippen LogP contribution in [0.25, 0.3) is 0 Å². The summed E-state index contributed by atoms with van der Waals surface area (Å²) >= 11 is 3.15. The molecule has 1 aromatic rings. The largest absolute Gasteiger partial charge is 0.391 e. The van der Waals surface area contributed by atoms with Crippen LogP contribution in [0.1, 0.15) is 20.3 Å². The van der Waals surface area contributed by atoms with E-state index in [-0.39, 0.29) is 5.56 Å². The maximum Gasteiger partial charge on any atom is 0.280 e. The fourth-order valence-electron chi connectivity index (χ4n) is 1.36. The van der Waals surface area contributed by atoms with Gasteiger partial charge in [0.15, 0.2) is 0 Å². The van der Waals surface area contributed by atoms with Crippen molar-refractivity contribution in [3.05, 3.63) is 21.0 Å². The zero-order valence-electron chi connectivity index (χ0n) is 9.33. The summed E-state index contributed by atoms with van der Waals surface area (Å²) in [5.41, 5.74) is 0.301. The number of aliphatic hydroxyl groups excluding tert-OH is 1. The lowest BCUT2D eigenvalue weighted by Gasteiger charge is -2.14. The number of H-pyrrole nitrogens is 1. The standard InChI is InChI=1S/C10H16BrN3O2/c1-6(2)3-7(15)4-12-8-5-13-14-10(16)9(8)11/h5-7,15H,3-4H2,1-2H3,(H2,12,14,16). The van der Waals surface area contributed by atoms with Crippen LogP contribution in [0, 0.1) is 5.92 Å². The molecule has 0 amide bonds. The van der Waals surface area contributed by atoms with Crippen molar-refractivity contribution in [1.29, 1.82) is 0 Å². The molecule has 0 fully saturated rings. The van der Waals surface area contributed by atoms with Gasteiger partial charge in [0.2, 0.25) is 0 Å². The van der Waals surface area contributed by atoms with Gasteiger partial charge >= 0.3 is 0 Å². The van der Waals surface area contributed by atoms with Gasteiger partial charge in [-0.25, -0.2) is 5.10 Å². The highest BCUT2D eigenvalue weighted by atomic mass is 79.9. The second-order valence-corrected chi connectivity index (χ2v) is 4.88. The summed E-state index contributed by atoms with van der Waals surface area (Å²) in [6.07, 6.45) is 1.81. The van der Waals surface area contributed by atoms with Gasteiger partial charge < -0.3 is 10.4 Å². The van der Waals surface area contributed by atoms with Crippen LogP contribution < -0.4 is 10.9 Å². The molecule has 0 bridgehead atoms. The van der Waals surface area contributed by atoms with Gasteiger partial charge in [0.25, 0.3) is 5.56 Å². The highest BCUT2D eigenvalue weighted by Gasteiger charge is 2.09. The highest BCUT2D eigenvalue weighted by molar-refractivity contribution is 9.10. The third-order valence-corrected chi connectivity index (χ3v) is 2.85. The predicted molar refractivity (Wildman–Crippen MR) is 66.5 cm³/mol. The number of hydrogen-bond donors (Lipinski definition) is 3. The van der Waals surface area contributed by atoms with Gasteiger partial charge in [-0.1, -0.05) is 13.8 Å². The van der Waals surface area contributed by atoms with Crippen LogP contribution in [-0.4, -0.2) is 28.0 Å². The summed E-state index contributed by atoms with van der Waals surface area (Å²) in [6.45, 7) is 4.50. The Morgan fingerprint density at radius 2 is 2.31 bits per heavy atom. The van der Waals surface area contributed by atoms with E-state index in [1.807, 2.05) is 13.8 Å². The van der Waals surface area contributed by atoms with E-state index < -0.39 is 6.10 Å². The molecule has 6 heteroatoms. The van der Waals surface area contributed by atoms with Crippen LogP contribution in [0.3, 0.4) is 0 Å². The molecule has 0 aliphatic carbocycles. The quantitative estimate of drug-likeness (QED) is 0.765. The smallest absolute Gasteiger partial charge is 0.280 e. The number of aromatic amines is 1. The zero-order valence-corrected chi connectivity index (χ0v) is 10.9. The minimum absolute atomic E-state index is 0.289. The monoisotopic (exact) mass is 289 g/mol. The fourth-order valence-corrected chi connectivity index (χ4v) is 1.69. The van der Waals surface area contributed by atoms with Crippen molar-refractivity contribution in [1.82, 2.24) is 10.2 Å². The molecular formula is C10H16BrN3O2. The summed E-state index contributed by atoms with van der Waals surface area (Å²) in [7, 11) is 0. The summed E-state index contributed by atoms with van der Waals surface area (Å²) in [5.74, 6) is 0.442. The Balaban J connectivity index is 2.55. The number of nitrogens with zero attached hydrogens (tertiary/aromatic N) is 1. The first-order valence-electron chi connectivity index (χ1n) is 5.15. The second kappa shape index (κ2) is 6.00. The average molecular weight is 290 g/mol. The minimum Gasteiger partial charge on any atom is -0.391 e. The van der Waals surface area contributed by atoms with Crippen LogP contribution in [0.4, 0.5) is 5.69 Å². The number of anilines is 1. The van der Waals surface area contributed by atoms with E-state index >= 15 is 0 Å². The lowest BCUT2D eigenvalue weighted by Crippen LogP contribution is -2.22. The molecule has 0 aromatic carbocycles. The molecule has 0 saturated heterocycles. The summed E-state index contributed by atoms with van der Waals surface area (Å²) in [5, 5.41) is 18.6. The van der Waals surface area contributed by atoms with E-state index in [0.717, 1.165) is 6.42 Å². The number of aromatic nitrogens is 2. The molecular weight excluding hydrogens is 274 g/mol. The lowest BCUT2D eigenvalue weighted by molar-refractivity contribution is 0.161. The minimum atomic E-state index is -0.425. The third-order valence-electron chi connectivity index (χ3n) is 2.07. The van der Waals surface area contributed by atoms with Crippen molar-refractivity contribution >= 4 is 21.6 Å². The van der Waals surface area contributed by atoms with E-state index in [1.165, 1.54) is 6.20 Å². The highest BCUT2D eigenvalue weighted by Crippen LogP contribution is 2.15. The van der Waals surface area contributed by atoms with Crippen molar-refractivity contribution in [3.8, 4) is 0 Å². The Labute approximate surface area is 102 Å². The zero-order chi connectivity index (χ0) is 12.1. The van der Waals surface area contributed by atoms with Crippen LogP contribution in [-0.2, 0) is 0 Å². The van der Waals surface area contributed by atoms with Crippen LogP contribution in [0.15, 0.2) is 15.5 Å². The van der Waals surface area contributed by atoms with Gasteiger partial charge in [-0.05, 0) is 28.3 Å². The average Bonchev–Trinajstić information content (AvgIpc) is 2.19. The maximum atomic E-state index is 11.2. The number of aliphatic hydroxyl groups is 1. The Morgan fingerprint density at radius 1 is 1.62 bits per heavy atom. The molecule has 0 spiro atoms. The first kappa shape index (κ1) is 13.2. The molecule has 0 aliphatic heterocycles. The van der Waals surface area contributed by atoms with E-state index in [1.54, 1.807) is 0 Å². The van der Waals surface area contributed by atoms with Gasteiger partial charge in [-0.3, -0.25) is 4.79 Å². The maximum absolute atomic E-state index is 11.2. The molecule has 1 heterocycles. The summed E-state index contributed by atoms with van der Waals surface area (Å²) < 4.78 is 0.402. The van der Waals surface area contributed by atoms with Crippen molar-refractivity contribution in [3.63, 3.8) is 0 Å². The topological polar surface area (TPSA) is 78.0 Å². The Bertz CT molecular complexity index is 392. The first-order chi connectivity index (χ1) is 7.50.